The summed E-state index contributed by atoms with van der Waals surface area (Å²) in [4.78, 5) is 0. The minimum Gasteiger partial charge on any atom is -0.103 e. The highest BCUT2D eigenvalue weighted by atomic mass is 14.1. The zero-order valence-electron chi connectivity index (χ0n) is 8.77. The summed E-state index contributed by atoms with van der Waals surface area (Å²) in [6, 6.07) is 0. The Morgan fingerprint density at radius 1 is 1.25 bits per heavy atom. The molecule has 0 fully saturated rings. The monoisotopic (exact) mass is 166 g/mol. The number of hydrogen-bond acceptors (Lipinski definition) is 0. The molecule has 0 rings (SSSR count). The summed E-state index contributed by atoms with van der Waals surface area (Å²) in [6.45, 7) is 14.6. The van der Waals surface area contributed by atoms with Crippen LogP contribution in [0, 0.1) is 11.8 Å². The van der Waals surface area contributed by atoms with Crippen molar-refractivity contribution < 1.29 is 0 Å². The number of allylic oxidation sites excluding steroid dienone is 2. The van der Waals surface area contributed by atoms with E-state index >= 15 is 0 Å². The molecule has 0 bridgehead atoms. The largest absolute Gasteiger partial charge is 0.103 e. The van der Waals surface area contributed by atoms with Crippen LogP contribution < -0.4 is 0 Å². The molecular weight excluding hydrogens is 144 g/mol. The van der Waals surface area contributed by atoms with Crippen LogP contribution in [-0.4, -0.2) is 0 Å². The van der Waals surface area contributed by atoms with E-state index in [1.165, 1.54) is 12.0 Å². The van der Waals surface area contributed by atoms with E-state index in [0.29, 0.717) is 5.92 Å². The molecule has 12 heavy (non-hydrogen) atoms. The predicted molar refractivity (Wildman–Crippen MR) is 57.2 cm³/mol. The quantitative estimate of drug-likeness (QED) is 0.519. The van der Waals surface area contributed by atoms with E-state index < -0.39 is 0 Å². The van der Waals surface area contributed by atoms with Crippen LogP contribution >= 0.6 is 0 Å². The van der Waals surface area contributed by atoms with Crippen LogP contribution in [0.1, 0.15) is 40.0 Å². The Labute approximate surface area is 77.4 Å². The van der Waals surface area contributed by atoms with Gasteiger partial charge in [0.05, 0.1) is 0 Å². The molecule has 70 valence electrons. The summed E-state index contributed by atoms with van der Waals surface area (Å²) in [5.74, 6) is 1.46. The van der Waals surface area contributed by atoms with Crippen LogP contribution in [0.3, 0.4) is 0 Å². The van der Waals surface area contributed by atoms with Crippen LogP contribution in [0.25, 0.3) is 0 Å². The highest BCUT2D eigenvalue weighted by molar-refractivity contribution is 4.96. The smallest absolute Gasteiger partial charge is 0.0294 e. The summed E-state index contributed by atoms with van der Waals surface area (Å²) < 4.78 is 0. The van der Waals surface area contributed by atoms with Gasteiger partial charge in [0, 0.05) is 0 Å². The van der Waals surface area contributed by atoms with Gasteiger partial charge in [0.25, 0.3) is 0 Å². The van der Waals surface area contributed by atoms with E-state index in [1.807, 2.05) is 6.08 Å². The molecule has 0 aliphatic heterocycles. The van der Waals surface area contributed by atoms with E-state index in [2.05, 4.69) is 33.9 Å². The molecule has 0 saturated heterocycles. The SMILES string of the molecule is C=CCC(C)CC(=C)CC(C)C. The van der Waals surface area contributed by atoms with E-state index in [9.17, 15) is 0 Å². The Kier molecular flexibility index (Phi) is 5.79. The van der Waals surface area contributed by atoms with Crippen molar-refractivity contribution in [2.75, 3.05) is 0 Å². The molecule has 1 unspecified atom stereocenters. The highest BCUT2D eigenvalue weighted by Gasteiger charge is 2.04. The molecule has 1 atom stereocenters. The lowest BCUT2D eigenvalue weighted by Gasteiger charge is -2.12. The van der Waals surface area contributed by atoms with Gasteiger partial charge in [0.15, 0.2) is 0 Å². The molecule has 0 aromatic rings. The Morgan fingerprint density at radius 3 is 2.25 bits per heavy atom. The molecule has 0 heteroatoms. The van der Waals surface area contributed by atoms with Gasteiger partial charge in [-0.2, -0.15) is 0 Å². The van der Waals surface area contributed by atoms with Gasteiger partial charge >= 0.3 is 0 Å². The minimum atomic E-state index is 0.716. The van der Waals surface area contributed by atoms with Gasteiger partial charge in [0.1, 0.15) is 0 Å². The summed E-state index contributed by atoms with van der Waals surface area (Å²) in [5.41, 5.74) is 1.39. The Bertz CT molecular complexity index is 142. The second-order valence-corrected chi connectivity index (χ2v) is 4.18. The van der Waals surface area contributed by atoms with Gasteiger partial charge in [-0.25, -0.2) is 0 Å². The molecule has 0 aliphatic carbocycles. The fourth-order valence-corrected chi connectivity index (χ4v) is 1.52. The Balaban J connectivity index is 3.61. The molecule has 0 aromatic carbocycles. The fourth-order valence-electron chi connectivity index (χ4n) is 1.52. The zero-order chi connectivity index (χ0) is 9.56. The first kappa shape index (κ1) is 11.5. The maximum absolute atomic E-state index is 4.08. The van der Waals surface area contributed by atoms with Crippen LogP contribution in [0.2, 0.25) is 0 Å². The lowest BCUT2D eigenvalue weighted by molar-refractivity contribution is 0.544. The lowest BCUT2D eigenvalue weighted by Crippen LogP contribution is -1.97. The first-order chi connectivity index (χ1) is 5.56. The number of rotatable bonds is 6. The van der Waals surface area contributed by atoms with Crippen molar-refractivity contribution in [3.63, 3.8) is 0 Å². The van der Waals surface area contributed by atoms with Gasteiger partial charge in [0.2, 0.25) is 0 Å². The van der Waals surface area contributed by atoms with E-state index in [1.54, 1.807) is 0 Å². The minimum absolute atomic E-state index is 0.716. The van der Waals surface area contributed by atoms with Crippen molar-refractivity contribution >= 4 is 0 Å². The highest BCUT2D eigenvalue weighted by Crippen LogP contribution is 2.19. The molecule has 0 aromatic heterocycles. The second kappa shape index (κ2) is 6.05. The summed E-state index contributed by atoms with van der Waals surface area (Å²) in [6.07, 6.45) is 5.43. The third-order valence-electron chi connectivity index (χ3n) is 1.90. The van der Waals surface area contributed by atoms with Gasteiger partial charge in [-0.05, 0) is 31.1 Å². The molecule has 0 radical (unpaired) electrons. The van der Waals surface area contributed by atoms with E-state index in [-0.39, 0.29) is 0 Å². The first-order valence-corrected chi connectivity index (χ1v) is 4.83. The Morgan fingerprint density at radius 2 is 1.83 bits per heavy atom. The summed E-state index contributed by atoms with van der Waals surface area (Å²) in [7, 11) is 0. The molecule has 0 heterocycles. The summed E-state index contributed by atoms with van der Waals surface area (Å²) in [5, 5.41) is 0. The summed E-state index contributed by atoms with van der Waals surface area (Å²) >= 11 is 0. The Hall–Kier alpha value is -0.520. The molecule has 0 N–H and O–H groups in total. The standard InChI is InChI=1S/C12H22/c1-6-7-11(4)9-12(5)8-10(2)3/h6,10-11H,1,5,7-9H2,2-4H3. The molecule has 0 saturated carbocycles. The molecule has 0 amide bonds. The van der Waals surface area contributed by atoms with Crippen LogP contribution in [-0.2, 0) is 0 Å². The van der Waals surface area contributed by atoms with Crippen LogP contribution in [0.4, 0.5) is 0 Å². The lowest BCUT2D eigenvalue weighted by atomic mass is 9.94. The van der Waals surface area contributed by atoms with Gasteiger partial charge < -0.3 is 0 Å². The first-order valence-electron chi connectivity index (χ1n) is 4.83. The average Bonchev–Trinajstić information content (AvgIpc) is 1.84. The van der Waals surface area contributed by atoms with Crippen molar-refractivity contribution in [2.45, 2.75) is 40.0 Å². The van der Waals surface area contributed by atoms with E-state index in [0.717, 1.165) is 18.8 Å². The molecule has 0 spiro atoms. The zero-order valence-corrected chi connectivity index (χ0v) is 8.77. The maximum Gasteiger partial charge on any atom is -0.0294 e. The van der Waals surface area contributed by atoms with Crippen molar-refractivity contribution in [1.82, 2.24) is 0 Å². The van der Waals surface area contributed by atoms with Crippen LogP contribution in [0.5, 0.6) is 0 Å². The fraction of sp³-hybridized carbons (Fsp3) is 0.667. The van der Waals surface area contributed by atoms with Crippen LogP contribution in [0.15, 0.2) is 24.8 Å². The third-order valence-corrected chi connectivity index (χ3v) is 1.90. The molecular formula is C12H22. The maximum atomic E-state index is 4.08. The second-order valence-electron chi connectivity index (χ2n) is 4.18. The van der Waals surface area contributed by atoms with Crippen molar-refractivity contribution in [1.29, 1.82) is 0 Å². The van der Waals surface area contributed by atoms with Gasteiger partial charge in [-0.3, -0.25) is 0 Å². The van der Waals surface area contributed by atoms with E-state index in [4.69, 9.17) is 0 Å². The van der Waals surface area contributed by atoms with Crippen molar-refractivity contribution in [3.05, 3.63) is 24.8 Å². The molecule has 0 nitrogen and oxygen atoms in total. The average molecular weight is 166 g/mol. The van der Waals surface area contributed by atoms with Gasteiger partial charge in [-0.1, -0.05) is 39.0 Å². The van der Waals surface area contributed by atoms with Crippen molar-refractivity contribution in [3.8, 4) is 0 Å². The predicted octanol–water partition coefficient (Wildman–Crippen LogP) is 4.19. The van der Waals surface area contributed by atoms with Gasteiger partial charge in [-0.15, -0.1) is 6.58 Å². The number of hydrogen-bond donors (Lipinski definition) is 0. The van der Waals surface area contributed by atoms with Crippen molar-refractivity contribution in [2.24, 2.45) is 11.8 Å². The topological polar surface area (TPSA) is 0 Å². The molecule has 0 aliphatic rings. The third kappa shape index (κ3) is 6.21. The normalized spacial score (nSPS) is 13.0.